The molecule has 0 bridgehead atoms. The summed E-state index contributed by atoms with van der Waals surface area (Å²) in [6, 6.07) is 9.33. The van der Waals surface area contributed by atoms with Gasteiger partial charge < -0.3 is 15.9 Å². The SMILES string of the molecule is CN(C)C(=O)B(Cl)c1ccccc1.O.O. The number of carbonyl (C=O) groups excluding carboxylic acids is 1. The number of benzene rings is 1. The van der Waals surface area contributed by atoms with Gasteiger partial charge in [0.15, 0.2) is 0 Å². The molecule has 0 atom stereocenters. The fourth-order valence-electron chi connectivity index (χ4n) is 0.991. The van der Waals surface area contributed by atoms with Gasteiger partial charge in [0.05, 0.1) is 0 Å². The molecule has 0 heterocycles. The van der Waals surface area contributed by atoms with Gasteiger partial charge in [-0.1, -0.05) is 35.8 Å². The van der Waals surface area contributed by atoms with E-state index >= 15 is 0 Å². The minimum absolute atomic E-state index is 0. The molecule has 15 heavy (non-hydrogen) atoms. The first-order chi connectivity index (χ1) is 6.13. The lowest BCUT2D eigenvalue weighted by Crippen LogP contribution is -2.40. The van der Waals surface area contributed by atoms with E-state index in [-0.39, 0.29) is 16.8 Å². The van der Waals surface area contributed by atoms with Gasteiger partial charge in [-0.25, -0.2) is 0 Å². The summed E-state index contributed by atoms with van der Waals surface area (Å²) < 4.78 is 0. The Balaban J connectivity index is 0. The van der Waals surface area contributed by atoms with E-state index in [1.165, 1.54) is 4.90 Å². The monoisotopic (exact) mass is 231 g/mol. The van der Waals surface area contributed by atoms with Crippen LogP contribution in [0, 0.1) is 0 Å². The van der Waals surface area contributed by atoms with Crippen LogP contribution in [0.15, 0.2) is 30.3 Å². The molecule has 1 rings (SSSR count). The third-order valence-corrected chi connectivity index (χ3v) is 2.19. The summed E-state index contributed by atoms with van der Waals surface area (Å²) >= 11 is 5.96. The molecular weight excluding hydrogens is 216 g/mol. The third kappa shape index (κ3) is 4.33. The highest BCUT2D eigenvalue weighted by molar-refractivity contribution is 7.29. The Morgan fingerprint density at radius 2 is 1.67 bits per heavy atom. The maximum absolute atomic E-state index is 11.4. The normalized spacial score (nSPS) is 8.20. The molecule has 0 aliphatic carbocycles. The second-order valence-electron chi connectivity index (χ2n) is 3.01. The summed E-state index contributed by atoms with van der Waals surface area (Å²) in [6.07, 6.45) is -0.573. The predicted molar refractivity (Wildman–Crippen MR) is 64.0 cm³/mol. The summed E-state index contributed by atoms with van der Waals surface area (Å²) in [5, 5.41) is 0. The molecule has 1 aromatic rings. The molecular formula is C9H15BClNO3. The molecule has 4 N–H and O–H groups in total. The molecule has 0 aliphatic heterocycles. The Hall–Kier alpha value is -1.04. The molecule has 0 saturated carbocycles. The van der Waals surface area contributed by atoms with Crippen LogP contribution in [0.4, 0.5) is 4.79 Å². The summed E-state index contributed by atoms with van der Waals surface area (Å²) in [4.78, 5) is 12.9. The summed E-state index contributed by atoms with van der Waals surface area (Å²) in [7, 11) is 3.39. The number of halogens is 1. The summed E-state index contributed by atoms with van der Waals surface area (Å²) in [6.45, 7) is 0. The number of hydrogen-bond acceptors (Lipinski definition) is 1. The van der Waals surface area contributed by atoms with E-state index in [4.69, 9.17) is 11.5 Å². The minimum Gasteiger partial charge on any atom is -0.412 e. The Kier molecular flexibility index (Phi) is 7.96. The highest BCUT2D eigenvalue weighted by Gasteiger charge is 2.24. The van der Waals surface area contributed by atoms with Gasteiger partial charge in [0.1, 0.15) is 0 Å². The van der Waals surface area contributed by atoms with Crippen LogP contribution in [0.2, 0.25) is 0 Å². The number of nitrogens with zero attached hydrogens (tertiary/aromatic N) is 1. The van der Waals surface area contributed by atoms with Gasteiger partial charge >= 0.3 is 6.13 Å². The third-order valence-electron chi connectivity index (χ3n) is 1.75. The second-order valence-corrected chi connectivity index (χ2v) is 3.44. The standard InChI is InChI=1S/C9H11BClNO.2H2O/c1-12(2)9(13)10(11)8-6-4-3-5-7-8;;/h3-7H,1-2H3;2*1H2. The van der Waals surface area contributed by atoms with E-state index in [0.717, 1.165) is 5.46 Å². The fraction of sp³-hybridized carbons (Fsp3) is 0.222. The van der Waals surface area contributed by atoms with Crippen LogP contribution in [-0.2, 0) is 0 Å². The highest BCUT2D eigenvalue weighted by Crippen LogP contribution is 1.98. The Morgan fingerprint density at radius 1 is 1.20 bits per heavy atom. The van der Waals surface area contributed by atoms with Crippen LogP contribution in [0.1, 0.15) is 0 Å². The van der Waals surface area contributed by atoms with Gasteiger partial charge in [-0.2, -0.15) is 11.5 Å². The Bertz CT molecular complexity index is 295. The van der Waals surface area contributed by atoms with Crippen LogP contribution >= 0.6 is 11.5 Å². The van der Waals surface area contributed by atoms with Gasteiger partial charge in [0, 0.05) is 14.1 Å². The second kappa shape index (κ2) is 7.28. The molecule has 0 aliphatic rings. The Morgan fingerprint density at radius 3 is 2.07 bits per heavy atom. The van der Waals surface area contributed by atoms with Crippen LogP contribution in [-0.4, -0.2) is 41.9 Å². The van der Waals surface area contributed by atoms with Crippen molar-refractivity contribution < 1.29 is 15.7 Å². The van der Waals surface area contributed by atoms with Crippen molar-refractivity contribution in [2.24, 2.45) is 0 Å². The molecule has 4 nitrogen and oxygen atoms in total. The zero-order chi connectivity index (χ0) is 9.84. The van der Waals surface area contributed by atoms with E-state index in [9.17, 15) is 4.79 Å². The first-order valence-corrected chi connectivity index (χ1v) is 4.46. The quantitative estimate of drug-likeness (QED) is 0.645. The van der Waals surface area contributed by atoms with Gasteiger partial charge in [-0.05, 0) is 0 Å². The van der Waals surface area contributed by atoms with Crippen molar-refractivity contribution in [3.8, 4) is 0 Å². The van der Waals surface area contributed by atoms with E-state index in [2.05, 4.69) is 0 Å². The highest BCUT2D eigenvalue weighted by atomic mass is 35.5. The topological polar surface area (TPSA) is 83.3 Å². The van der Waals surface area contributed by atoms with E-state index in [1.807, 2.05) is 30.3 Å². The van der Waals surface area contributed by atoms with Crippen LogP contribution in [0.25, 0.3) is 0 Å². The first kappa shape index (κ1) is 16.4. The zero-order valence-corrected chi connectivity index (χ0v) is 9.45. The van der Waals surface area contributed by atoms with Gasteiger partial charge in [-0.3, -0.25) is 4.79 Å². The number of carbonyl (C=O) groups is 1. The summed E-state index contributed by atoms with van der Waals surface area (Å²) in [5.41, 5.74) is 0.836. The maximum atomic E-state index is 11.4. The zero-order valence-electron chi connectivity index (χ0n) is 8.70. The first-order valence-electron chi connectivity index (χ1n) is 4.03. The lowest BCUT2D eigenvalue weighted by Gasteiger charge is -2.12. The maximum Gasteiger partial charge on any atom is 0.386 e. The van der Waals surface area contributed by atoms with Gasteiger partial charge in [0.25, 0.3) is 0 Å². The van der Waals surface area contributed by atoms with Crippen LogP contribution in [0.5, 0.6) is 0 Å². The minimum atomic E-state index is -0.573. The molecule has 0 radical (unpaired) electrons. The summed E-state index contributed by atoms with van der Waals surface area (Å²) in [5.74, 6) is -0.0899. The Labute approximate surface area is 94.5 Å². The van der Waals surface area contributed by atoms with E-state index in [1.54, 1.807) is 14.1 Å². The fourth-order valence-corrected chi connectivity index (χ4v) is 1.33. The van der Waals surface area contributed by atoms with Crippen LogP contribution < -0.4 is 5.46 Å². The van der Waals surface area contributed by atoms with Crippen LogP contribution in [0.3, 0.4) is 0 Å². The van der Waals surface area contributed by atoms with Gasteiger partial charge in [-0.15, -0.1) is 0 Å². The van der Waals surface area contributed by atoms with Crippen molar-refractivity contribution in [3.63, 3.8) is 0 Å². The predicted octanol–water partition coefficient (Wildman–Crippen LogP) is -0.262. The molecule has 0 spiro atoms. The molecule has 6 heteroatoms. The molecule has 0 aromatic heterocycles. The van der Waals surface area contributed by atoms with Crippen molar-refractivity contribution in [2.75, 3.05) is 14.1 Å². The average Bonchev–Trinajstić information content (AvgIpc) is 2.17. The molecule has 84 valence electrons. The van der Waals surface area contributed by atoms with Crippen molar-refractivity contribution in [1.82, 2.24) is 4.90 Å². The van der Waals surface area contributed by atoms with Crippen molar-refractivity contribution >= 4 is 28.9 Å². The van der Waals surface area contributed by atoms with Crippen molar-refractivity contribution in [3.05, 3.63) is 30.3 Å². The molecule has 1 aromatic carbocycles. The largest absolute Gasteiger partial charge is 0.412 e. The van der Waals surface area contributed by atoms with E-state index < -0.39 is 6.13 Å². The molecule has 0 fully saturated rings. The van der Waals surface area contributed by atoms with E-state index in [0.29, 0.717) is 0 Å². The van der Waals surface area contributed by atoms with Crippen molar-refractivity contribution in [2.45, 2.75) is 0 Å². The van der Waals surface area contributed by atoms with Crippen molar-refractivity contribution in [1.29, 1.82) is 0 Å². The lowest BCUT2D eigenvalue weighted by atomic mass is 9.67. The molecule has 0 unspecified atom stereocenters. The number of hydrogen-bond donors (Lipinski definition) is 0. The number of amides is 1. The smallest absolute Gasteiger partial charge is 0.386 e. The number of rotatable bonds is 2. The van der Waals surface area contributed by atoms with Gasteiger partial charge in [0.2, 0.25) is 5.81 Å². The molecule has 1 amide bonds. The lowest BCUT2D eigenvalue weighted by molar-refractivity contribution is 0.239. The average molecular weight is 231 g/mol. The molecule has 0 saturated heterocycles.